The average Bonchev–Trinajstić information content (AvgIpc) is 2.88. The van der Waals surface area contributed by atoms with E-state index < -0.39 is 5.60 Å². The Morgan fingerprint density at radius 2 is 1.74 bits per heavy atom. The molecular formula is C20H32N4O3. The van der Waals surface area contributed by atoms with Crippen molar-refractivity contribution in [2.24, 2.45) is 18.9 Å². The second-order valence-corrected chi connectivity index (χ2v) is 9.21. The van der Waals surface area contributed by atoms with Crippen molar-refractivity contribution in [1.82, 2.24) is 19.6 Å². The topological polar surface area (TPSA) is 67.7 Å². The molecule has 7 heteroatoms. The summed E-state index contributed by atoms with van der Waals surface area (Å²) in [6.07, 6.45) is 1.47. The maximum Gasteiger partial charge on any atom is 0.410 e. The molecule has 1 aromatic rings. The number of fused-ring (bicyclic) bond motifs is 1. The number of aromatic nitrogens is 2. The van der Waals surface area contributed by atoms with Crippen molar-refractivity contribution < 1.29 is 14.3 Å². The second-order valence-electron chi connectivity index (χ2n) is 9.21. The van der Waals surface area contributed by atoms with Gasteiger partial charge >= 0.3 is 6.09 Å². The number of nitrogens with zero attached hydrogens (tertiary/aromatic N) is 4. The fourth-order valence-electron chi connectivity index (χ4n) is 4.20. The maximum atomic E-state index is 13.1. The van der Waals surface area contributed by atoms with Gasteiger partial charge in [0.2, 0.25) is 0 Å². The Labute approximate surface area is 161 Å². The summed E-state index contributed by atoms with van der Waals surface area (Å²) in [4.78, 5) is 29.2. The Morgan fingerprint density at radius 3 is 2.33 bits per heavy atom. The smallest absolute Gasteiger partial charge is 0.410 e. The van der Waals surface area contributed by atoms with Gasteiger partial charge in [0.05, 0.1) is 12.2 Å². The van der Waals surface area contributed by atoms with Crippen LogP contribution in [0.5, 0.6) is 0 Å². The fourth-order valence-corrected chi connectivity index (χ4v) is 4.20. The summed E-state index contributed by atoms with van der Waals surface area (Å²) in [5.74, 6) is 1.05. The minimum absolute atomic E-state index is 0.0240. The minimum atomic E-state index is -0.521. The largest absolute Gasteiger partial charge is 0.444 e. The van der Waals surface area contributed by atoms with E-state index in [9.17, 15) is 9.59 Å². The Kier molecular flexibility index (Phi) is 5.23. The van der Waals surface area contributed by atoms with Crippen LogP contribution in [-0.4, -0.2) is 56.8 Å². The van der Waals surface area contributed by atoms with Crippen LogP contribution in [0.3, 0.4) is 0 Å². The number of piperidine rings is 1. The molecule has 0 spiro atoms. The molecule has 0 N–H and O–H groups in total. The van der Waals surface area contributed by atoms with E-state index in [0.29, 0.717) is 37.0 Å². The van der Waals surface area contributed by atoms with Crippen LogP contribution in [-0.2, 0) is 24.8 Å². The van der Waals surface area contributed by atoms with Crippen molar-refractivity contribution >= 4 is 12.0 Å². The van der Waals surface area contributed by atoms with E-state index in [0.717, 1.165) is 30.8 Å². The lowest BCUT2D eigenvalue weighted by Gasteiger charge is -2.35. The number of rotatable bonds is 1. The molecule has 0 aromatic carbocycles. The molecule has 0 bridgehead atoms. The molecular weight excluding hydrogens is 344 g/mol. The zero-order chi connectivity index (χ0) is 19.9. The van der Waals surface area contributed by atoms with Crippen LogP contribution >= 0.6 is 0 Å². The van der Waals surface area contributed by atoms with Gasteiger partial charge in [-0.05, 0) is 45.4 Å². The molecule has 7 nitrogen and oxygen atoms in total. The van der Waals surface area contributed by atoms with Gasteiger partial charge in [-0.25, -0.2) is 4.79 Å². The molecule has 2 unspecified atom stereocenters. The lowest BCUT2D eigenvalue weighted by atomic mass is 9.91. The van der Waals surface area contributed by atoms with Crippen LogP contribution in [0.15, 0.2) is 0 Å². The predicted molar refractivity (Wildman–Crippen MR) is 102 cm³/mol. The summed E-state index contributed by atoms with van der Waals surface area (Å²) < 4.78 is 7.23. The lowest BCUT2D eigenvalue weighted by Crippen LogP contribution is -2.43. The van der Waals surface area contributed by atoms with E-state index in [4.69, 9.17) is 4.74 Å². The van der Waals surface area contributed by atoms with Gasteiger partial charge in [-0.15, -0.1) is 0 Å². The molecule has 2 aliphatic heterocycles. The van der Waals surface area contributed by atoms with Crippen LogP contribution in [0, 0.1) is 11.8 Å². The zero-order valence-electron chi connectivity index (χ0n) is 17.4. The average molecular weight is 377 g/mol. The number of ether oxygens (including phenoxy) is 1. The molecule has 2 aliphatic rings. The molecule has 3 rings (SSSR count). The first kappa shape index (κ1) is 19.7. The van der Waals surface area contributed by atoms with E-state index in [1.807, 2.05) is 32.7 Å². The van der Waals surface area contributed by atoms with E-state index in [1.165, 1.54) is 0 Å². The van der Waals surface area contributed by atoms with Crippen molar-refractivity contribution in [3.05, 3.63) is 17.0 Å². The quantitative estimate of drug-likeness (QED) is 0.756. The third-order valence-electron chi connectivity index (χ3n) is 5.26. The molecule has 1 aromatic heterocycles. The van der Waals surface area contributed by atoms with Gasteiger partial charge in [-0.1, -0.05) is 13.8 Å². The third kappa shape index (κ3) is 4.28. The number of carbonyl (C=O) groups excluding carboxylic acids is 2. The molecule has 150 valence electrons. The fraction of sp³-hybridized carbons (Fsp3) is 0.750. The predicted octanol–water partition coefficient (Wildman–Crippen LogP) is 2.83. The molecule has 1 fully saturated rings. The van der Waals surface area contributed by atoms with Gasteiger partial charge in [-0.3, -0.25) is 9.48 Å². The maximum absolute atomic E-state index is 13.1. The molecule has 2 amide bonds. The van der Waals surface area contributed by atoms with Gasteiger partial charge in [0, 0.05) is 32.2 Å². The number of amides is 2. The first-order valence-electron chi connectivity index (χ1n) is 9.87. The van der Waals surface area contributed by atoms with Gasteiger partial charge in [0.25, 0.3) is 5.91 Å². The van der Waals surface area contributed by atoms with Crippen molar-refractivity contribution in [3.8, 4) is 0 Å². The van der Waals surface area contributed by atoms with Crippen molar-refractivity contribution in [3.63, 3.8) is 0 Å². The molecule has 2 atom stereocenters. The van der Waals surface area contributed by atoms with Crippen molar-refractivity contribution in [1.29, 1.82) is 0 Å². The monoisotopic (exact) mass is 376 g/mol. The molecule has 0 aliphatic carbocycles. The van der Waals surface area contributed by atoms with E-state index in [1.54, 1.807) is 9.58 Å². The van der Waals surface area contributed by atoms with Crippen molar-refractivity contribution in [2.45, 2.75) is 59.6 Å². The summed E-state index contributed by atoms with van der Waals surface area (Å²) in [5, 5.41) is 4.53. The molecule has 1 saturated heterocycles. The van der Waals surface area contributed by atoms with Crippen LogP contribution in [0.4, 0.5) is 4.79 Å². The van der Waals surface area contributed by atoms with Crippen LogP contribution in [0.25, 0.3) is 0 Å². The summed E-state index contributed by atoms with van der Waals surface area (Å²) >= 11 is 0. The first-order valence-corrected chi connectivity index (χ1v) is 9.87. The number of likely N-dealkylation sites (tertiary alicyclic amines) is 1. The van der Waals surface area contributed by atoms with Gasteiger partial charge in [-0.2, -0.15) is 5.10 Å². The van der Waals surface area contributed by atoms with E-state index >= 15 is 0 Å². The number of aryl methyl sites for hydroxylation is 1. The highest BCUT2D eigenvalue weighted by atomic mass is 16.6. The van der Waals surface area contributed by atoms with E-state index in [-0.39, 0.29) is 12.0 Å². The van der Waals surface area contributed by atoms with E-state index in [2.05, 4.69) is 18.9 Å². The Morgan fingerprint density at radius 1 is 1.11 bits per heavy atom. The van der Waals surface area contributed by atoms with Gasteiger partial charge < -0.3 is 14.5 Å². The standard InChI is InChI=1S/C20H32N4O3/c1-13-9-14(2)11-24(10-13)18(25)17-15-7-8-23(12-16(15)22(6)21-17)19(26)27-20(3,4)5/h13-14H,7-12H2,1-6H3. The zero-order valence-corrected chi connectivity index (χ0v) is 17.4. The van der Waals surface area contributed by atoms with Crippen molar-refractivity contribution in [2.75, 3.05) is 19.6 Å². The van der Waals surface area contributed by atoms with Crippen LogP contribution < -0.4 is 0 Å². The first-order chi connectivity index (χ1) is 12.5. The molecule has 27 heavy (non-hydrogen) atoms. The number of hydrogen-bond donors (Lipinski definition) is 0. The normalized spacial score (nSPS) is 23.2. The molecule has 0 radical (unpaired) electrons. The summed E-state index contributed by atoms with van der Waals surface area (Å²) in [7, 11) is 1.84. The van der Waals surface area contributed by atoms with Gasteiger partial charge in [0.15, 0.2) is 5.69 Å². The minimum Gasteiger partial charge on any atom is -0.444 e. The highest BCUT2D eigenvalue weighted by Crippen LogP contribution is 2.27. The lowest BCUT2D eigenvalue weighted by molar-refractivity contribution is 0.0219. The Balaban J connectivity index is 1.78. The Bertz CT molecular complexity index is 724. The third-order valence-corrected chi connectivity index (χ3v) is 5.26. The SMILES string of the molecule is CC1CC(C)CN(C(=O)c2nn(C)c3c2CCN(C(=O)OC(C)(C)C)C3)C1. The summed E-state index contributed by atoms with van der Waals surface area (Å²) in [5.41, 5.74) is 1.94. The molecule has 0 saturated carbocycles. The van der Waals surface area contributed by atoms with Crippen LogP contribution in [0.2, 0.25) is 0 Å². The molecule has 3 heterocycles. The highest BCUT2D eigenvalue weighted by molar-refractivity contribution is 5.94. The second kappa shape index (κ2) is 7.17. The summed E-state index contributed by atoms with van der Waals surface area (Å²) in [6, 6.07) is 0. The highest BCUT2D eigenvalue weighted by Gasteiger charge is 2.34. The number of hydrogen-bond acceptors (Lipinski definition) is 4. The van der Waals surface area contributed by atoms with Gasteiger partial charge in [0.1, 0.15) is 5.60 Å². The Hall–Kier alpha value is -2.05. The summed E-state index contributed by atoms with van der Waals surface area (Å²) in [6.45, 7) is 12.5. The van der Waals surface area contributed by atoms with Crippen LogP contribution in [0.1, 0.15) is 62.8 Å². The number of carbonyl (C=O) groups is 2.